The summed E-state index contributed by atoms with van der Waals surface area (Å²) in [6.45, 7) is 19.1. The molecular weight excluding hydrogens is 605 g/mol. The van der Waals surface area contributed by atoms with E-state index in [1.54, 1.807) is 0 Å². The van der Waals surface area contributed by atoms with Crippen LogP contribution in [-0.4, -0.2) is 45.2 Å². The highest BCUT2D eigenvalue weighted by Crippen LogP contribution is 2.40. The second-order valence-electron chi connectivity index (χ2n) is 13.7. The average molecular weight is 659 g/mol. The van der Waals surface area contributed by atoms with E-state index >= 15 is 0 Å². The summed E-state index contributed by atoms with van der Waals surface area (Å²) in [5.74, 6) is -0.981. The molecule has 6 nitrogen and oxygen atoms in total. The van der Waals surface area contributed by atoms with Crippen molar-refractivity contribution in [3.05, 3.63) is 109 Å². The van der Waals surface area contributed by atoms with Gasteiger partial charge in [0.1, 0.15) is 5.60 Å². The van der Waals surface area contributed by atoms with Crippen molar-refractivity contribution in [2.24, 2.45) is 5.92 Å². The van der Waals surface area contributed by atoms with Crippen LogP contribution in [-0.2, 0) is 34.8 Å². The van der Waals surface area contributed by atoms with Gasteiger partial charge in [0.2, 0.25) is 0 Å². The fraction of sp³-hybridized carbons (Fsp3) is 0.450. The minimum absolute atomic E-state index is 0.144. The third-order valence-corrected chi connectivity index (χ3v) is 13.9. The predicted molar refractivity (Wildman–Crippen MR) is 192 cm³/mol. The minimum atomic E-state index is -2.87. The van der Waals surface area contributed by atoms with Crippen molar-refractivity contribution in [1.29, 1.82) is 0 Å². The number of carbonyl (C=O) groups is 2. The molecule has 3 atom stereocenters. The van der Waals surface area contributed by atoms with Gasteiger partial charge in [-0.2, -0.15) is 0 Å². The number of ether oxygens (including phenoxy) is 3. The summed E-state index contributed by atoms with van der Waals surface area (Å²) in [5, 5.41) is 2.17. The molecule has 0 aliphatic heterocycles. The van der Waals surface area contributed by atoms with Gasteiger partial charge in [-0.3, -0.25) is 9.59 Å². The van der Waals surface area contributed by atoms with E-state index in [0.717, 1.165) is 17.6 Å². The smallest absolute Gasteiger partial charge is 0.303 e. The zero-order valence-corrected chi connectivity index (χ0v) is 30.4. The molecule has 3 rings (SSSR count). The Labute approximate surface area is 283 Å². The Morgan fingerprint density at radius 2 is 1.30 bits per heavy atom. The number of rotatable bonds is 18. The molecule has 0 fully saturated rings. The van der Waals surface area contributed by atoms with E-state index in [1.165, 1.54) is 24.2 Å². The highest BCUT2D eigenvalue weighted by Gasteiger charge is 2.52. The van der Waals surface area contributed by atoms with Crippen LogP contribution in [0.3, 0.4) is 0 Å². The van der Waals surface area contributed by atoms with Crippen LogP contribution in [0.25, 0.3) is 0 Å². The van der Waals surface area contributed by atoms with Crippen molar-refractivity contribution in [1.82, 2.24) is 0 Å². The van der Waals surface area contributed by atoms with Crippen molar-refractivity contribution >= 4 is 30.6 Å². The van der Waals surface area contributed by atoms with E-state index in [2.05, 4.69) is 75.9 Å². The van der Waals surface area contributed by atoms with E-state index in [-0.39, 0.29) is 35.6 Å². The predicted octanol–water partition coefficient (Wildman–Crippen LogP) is 7.79. The second kappa shape index (κ2) is 17.6. The zero-order valence-electron chi connectivity index (χ0n) is 29.4. The van der Waals surface area contributed by atoms with Crippen molar-refractivity contribution in [3.63, 3.8) is 0 Å². The number of esters is 2. The molecule has 0 aliphatic rings. The lowest BCUT2D eigenvalue weighted by atomic mass is 9.81. The third-order valence-electron chi connectivity index (χ3n) is 8.87. The molecule has 0 aromatic heterocycles. The van der Waals surface area contributed by atoms with Crippen LogP contribution in [0.4, 0.5) is 0 Å². The molecule has 0 unspecified atom stereocenters. The lowest BCUT2D eigenvalue weighted by Crippen LogP contribution is -2.67. The van der Waals surface area contributed by atoms with E-state index in [4.69, 9.17) is 18.6 Å². The molecule has 0 amide bonds. The van der Waals surface area contributed by atoms with Crippen molar-refractivity contribution in [2.45, 2.75) is 97.5 Å². The molecule has 47 heavy (non-hydrogen) atoms. The molecular formula is C40H54O6Si. The quantitative estimate of drug-likeness (QED) is 0.0602. The van der Waals surface area contributed by atoms with E-state index < -0.39 is 13.9 Å². The maximum Gasteiger partial charge on any atom is 0.303 e. The largest absolute Gasteiger partial charge is 0.465 e. The van der Waals surface area contributed by atoms with E-state index in [0.29, 0.717) is 32.5 Å². The molecule has 254 valence electrons. The van der Waals surface area contributed by atoms with E-state index in [9.17, 15) is 9.59 Å². The minimum Gasteiger partial charge on any atom is -0.465 e. The molecule has 3 aromatic rings. The molecule has 0 heterocycles. The van der Waals surface area contributed by atoms with Gasteiger partial charge in [-0.15, -0.1) is 0 Å². The first-order chi connectivity index (χ1) is 22.3. The molecule has 0 spiro atoms. The summed E-state index contributed by atoms with van der Waals surface area (Å²) >= 11 is 0. The normalized spacial score (nSPS) is 14.4. The molecule has 0 aliphatic carbocycles. The van der Waals surface area contributed by atoms with Gasteiger partial charge < -0.3 is 18.6 Å². The first kappa shape index (κ1) is 37.9. The lowest BCUT2D eigenvalue weighted by molar-refractivity contribution is -0.168. The standard InChI is InChI=1S/C40H54O6Si/c1-31(2)38(46-47(39(5,6)7,36-22-14-10-15-23-36)37-24-16-11-17-25-37)26-27-40(8,45-33(4)42)35(30-44-32(3)41)21-18-28-43-29-34-19-12-9-13-20-34/h9-17,19-20,22-25,35,38H,1,18,21,26-30H2,2-8H3/t35-,38-,40-/m1/s1. The van der Waals surface area contributed by atoms with Crippen LogP contribution in [0.1, 0.15) is 79.7 Å². The highest BCUT2D eigenvalue weighted by molar-refractivity contribution is 6.99. The van der Waals surface area contributed by atoms with Crippen molar-refractivity contribution in [2.75, 3.05) is 13.2 Å². The summed E-state index contributed by atoms with van der Waals surface area (Å²) < 4.78 is 25.1. The van der Waals surface area contributed by atoms with Gasteiger partial charge in [-0.05, 0) is 60.5 Å². The molecule has 0 radical (unpaired) electrons. The SMILES string of the molecule is C=C(C)[C@@H](CC[C@@](C)(OC(C)=O)[C@H](CCCOCc1ccccc1)COC(C)=O)O[Si](c1ccccc1)(c1ccccc1)C(C)(C)C. The Hall–Kier alpha value is -3.52. The Morgan fingerprint density at radius 3 is 1.77 bits per heavy atom. The summed E-state index contributed by atoms with van der Waals surface area (Å²) in [7, 11) is -2.87. The first-order valence-corrected chi connectivity index (χ1v) is 18.6. The Morgan fingerprint density at radius 1 is 0.766 bits per heavy atom. The van der Waals surface area contributed by atoms with Gasteiger partial charge in [0.25, 0.3) is 8.32 Å². The average Bonchev–Trinajstić information content (AvgIpc) is 3.02. The number of carbonyl (C=O) groups excluding carboxylic acids is 2. The Bertz CT molecular complexity index is 1360. The van der Waals surface area contributed by atoms with Gasteiger partial charge in [0.15, 0.2) is 0 Å². The zero-order chi connectivity index (χ0) is 34.5. The van der Waals surface area contributed by atoms with Crippen LogP contribution < -0.4 is 10.4 Å². The number of hydrogen-bond donors (Lipinski definition) is 0. The summed E-state index contributed by atoms with van der Waals surface area (Å²) in [4.78, 5) is 24.5. The van der Waals surface area contributed by atoms with Crippen LogP contribution >= 0.6 is 0 Å². The fourth-order valence-corrected chi connectivity index (χ4v) is 11.1. The van der Waals surface area contributed by atoms with Crippen LogP contribution in [0.2, 0.25) is 5.04 Å². The van der Waals surface area contributed by atoms with Gasteiger partial charge >= 0.3 is 11.9 Å². The maximum absolute atomic E-state index is 12.5. The topological polar surface area (TPSA) is 71.1 Å². The van der Waals surface area contributed by atoms with Gasteiger partial charge in [0.05, 0.1) is 19.3 Å². The summed E-state index contributed by atoms with van der Waals surface area (Å²) in [6, 6.07) is 31.1. The molecule has 7 heteroatoms. The maximum atomic E-state index is 12.5. The molecule has 0 saturated carbocycles. The van der Waals surface area contributed by atoms with Crippen molar-refractivity contribution in [3.8, 4) is 0 Å². The third kappa shape index (κ3) is 10.7. The summed E-state index contributed by atoms with van der Waals surface area (Å²) in [6.07, 6.45) is 2.14. The number of hydrogen-bond acceptors (Lipinski definition) is 6. The summed E-state index contributed by atoms with van der Waals surface area (Å²) in [5.41, 5.74) is 1.11. The van der Waals surface area contributed by atoms with Crippen LogP contribution in [0.15, 0.2) is 103 Å². The highest BCUT2D eigenvalue weighted by atomic mass is 28.4. The fourth-order valence-electron chi connectivity index (χ4n) is 6.37. The van der Waals surface area contributed by atoms with Crippen molar-refractivity contribution < 1.29 is 28.2 Å². The lowest BCUT2D eigenvalue weighted by Gasteiger charge is -2.46. The monoisotopic (exact) mass is 658 g/mol. The van der Waals surface area contributed by atoms with Crippen LogP contribution in [0, 0.1) is 5.92 Å². The molecule has 0 bridgehead atoms. The second-order valence-corrected chi connectivity index (χ2v) is 18.0. The molecule has 3 aromatic carbocycles. The number of benzene rings is 3. The Balaban J connectivity index is 1.89. The molecule has 0 N–H and O–H groups in total. The Kier molecular flexibility index (Phi) is 14.2. The van der Waals surface area contributed by atoms with Gasteiger partial charge in [-0.1, -0.05) is 124 Å². The first-order valence-electron chi connectivity index (χ1n) is 16.7. The van der Waals surface area contributed by atoms with Gasteiger partial charge in [-0.25, -0.2) is 0 Å². The van der Waals surface area contributed by atoms with E-state index in [1.807, 2.05) is 56.3 Å². The van der Waals surface area contributed by atoms with Gasteiger partial charge in [0, 0.05) is 26.4 Å². The molecule has 0 saturated heterocycles. The van der Waals surface area contributed by atoms with Crippen LogP contribution in [0.5, 0.6) is 0 Å².